The van der Waals surface area contributed by atoms with Crippen LogP contribution in [0.4, 0.5) is 4.39 Å². The van der Waals surface area contributed by atoms with Crippen molar-refractivity contribution in [1.29, 1.82) is 0 Å². The van der Waals surface area contributed by atoms with Crippen molar-refractivity contribution in [2.45, 2.75) is 19.1 Å². The highest BCUT2D eigenvalue weighted by molar-refractivity contribution is 6.30. The molecule has 1 aromatic rings. The molecule has 3 N–H and O–H groups in total. The Bertz CT molecular complexity index is 304. The fourth-order valence-electron chi connectivity index (χ4n) is 1.03. The second-order valence-corrected chi connectivity index (χ2v) is 3.37. The topological polar surface area (TPSA) is 46.2 Å². The lowest BCUT2D eigenvalue weighted by atomic mass is 10.0. The van der Waals surface area contributed by atoms with Gasteiger partial charge in [0.15, 0.2) is 0 Å². The van der Waals surface area contributed by atoms with E-state index < -0.39 is 18.0 Å². The van der Waals surface area contributed by atoms with E-state index in [1.807, 2.05) is 0 Å². The molecule has 0 spiro atoms. The SMILES string of the molecule is CC(O)C(N)c1ccc(Cl)cc1F. The molecule has 0 fully saturated rings. The molecule has 0 aliphatic heterocycles. The van der Waals surface area contributed by atoms with Crippen LogP contribution in [0.15, 0.2) is 18.2 Å². The van der Waals surface area contributed by atoms with Gasteiger partial charge in [-0.15, -0.1) is 0 Å². The maximum absolute atomic E-state index is 13.2. The van der Waals surface area contributed by atoms with E-state index in [0.717, 1.165) is 0 Å². The minimum atomic E-state index is -0.782. The zero-order chi connectivity index (χ0) is 10.0. The van der Waals surface area contributed by atoms with Crippen molar-refractivity contribution >= 4 is 11.6 Å². The van der Waals surface area contributed by atoms with Gasteiger partial charge in [0.2, 0.25) is 0 Å². The predicted octanol–water partition coefficient (Wildman–Crippen LogP) is 1.86. The standard InChI is InChI=1S/C9H11ClFNO/c1-5(13)9(12)7-3-2-6(10)4-8(7)11/h2-5,9,13H,12H2,1H3. The molecule has 2 unspecified atom stereocenters. The Morgan fingerprint density at radius 1 is 1.54 bits per heavy atom. The summed E-state index contributed by atoms with van der Waals surface area (Å²) in [6.07, 6.45) is -0.782. The summed E-state index contributed by atoms with van der Waals surface area (Å²) in [5, 5.41) is 9.46. The number of hydrogen-bond acceptors (Lipinski definition) is 2. The van der Waals surface area contributed by atoms with E-state index in [0.29, 0.717) is 5.02 Å². The van der Waals surface area contributed by atoms with Crippen LogP contribution in [0.2, 0.25) is 5.02 Å². The quantitative estimate of drug-likeness (QED) is 0.771. The maximum Gasteiger partial charge on any atom is 0.129 e. The molecule has 0 saturated carbocycles. The van der Waals surface area contributed by atoms with Crippen molar-refractivity contribution < 1.29 is 9.50 Å². The summed E-state index contributed by atoms with van der Waals surface area (Å²) in [6, 6.07) is 3.49. The maximum atomic E-state index is 13.2. The van der Waals surface area contributed by atoms with Gasteiger partial charge in [-0.1, -0.05) is 17.7 Å². The molecule has 0 heterocycles. The van der Waals surface area contributed by atoms with Crippen molar-refractivity contribution in [2.24, 2.45) is 5.73 Å². The molecule has 0 aromatic heterocycles. The van der Waals surface area contributed by atoms with E-state index in [9.17, 15) is 4.39 Å². The fourth-order valence-corrected chi connectivity index (χ4v) is 1.19. The van der Waals surface area contributed by atoms with Crippen LogP contribution in [0, 0.1) is 5.82 Å². The van der Waals surface area contributed by atoms with Crippen LogP contribution in [0.25, 0.3) is 0 Å². The molecule has 1 rings (SSSR count). The zero-order valence-electron chi connectivity index (χ0n) is 7.17. The number of nitrogens with two attached hydrogens (primary N) is 1. The number of halogens is 2. The highest BCUT2D eigenvalue weighted by Gasteiger charge is 2.15. The summed E-state index contributed by atoms with van der Waals surface area (Å²) in [4.78, 5) is 0. The molecule has 1 aromatic carbocycles. The van der Waals surface area contributed by atoms with Crippen LogP contribution >= 0.6 is 11.6 Å². The first kappa shape index (κ1) is 10.4. The normalized spacial score (nSPS) is 15.5. The Kier molecular flexibility index (Phi) is 3.25. The van der Waals surface area contributed by atoms with Gasteiger partial charge in [-0.25, -0.2) is 4.39 Å². The number of benzene rings is 1. The number of aliphatic hydroxyl groups excluding tert-OH is 1. The smallest absolute Gasteiger partial charge is 0.129 e. The molecule has 0 saturated heterocycles. The van der Waals surface area contributed by atoms with E-state index in [1.165, 1.54) is 19.1 Å². The van der Waals surface area contributed by atoms with Crippen molar-refractivity contribution in [3.05, 3.63) is 34.6 Å². The van der Waals surface area contributed by atoms with E-state index in [1.54, 1.807) is 6.07 Å². The zero-order valence-corrected chi connectivity index (χ0v) is 7.92. The van der Waals surface area contributed by atoms with Crippen molar-refractivity contribution in [3.8, 4) is 0 Å². The minimum Gasteiger partial charge on any atom is -0.391 e. The van der Waals surface area contributed by atoms with Gasteiger partial charge in [-0.2, -0.15) is 0 Å². The van der Waals surface area contributed by atoms with Gasteiger partial charge < -0.3 is 10.8 Å². The fraction of sp³-hybridized carbons (Fsp3) is 0.333. The molecule has 4 heteroatoms. The summed E-state index contributed by atoms with van der Waals surface area (Å²) in [6.45, 7) is 1.51. The molecule has 13 heavy (non-hydrogen) atoms. The molecular formula is C9H11ClFNO. The van der Waals surface area contributed by atoms with Gasteiger partial charge in [0, 0.05) is 10.6 Å². The molecule has 2 atom stereocenters. The summed E-state index contributed by atoms with van der Waals surface area (Å²) < 4.78 is 13.2. The van der Waals surface area contributed by atoms with Crippen LogP contribution in [0.1, 0.15) is 18.5 Å². The second-order valence-electron chi connectivity index (χ2n) is 2.93. The van der Waals surface area contributed by atoms with Crippen LogP contribution in [-0.2, 0) is 0 Å². The Labute approximate surface area is 81.1 Å². The Morgan fingerprint density at radius 2 is 2.15 bits per heavy atom. The van der Waals surface area contributed by atoms with Gasteiger partial charge in [-0.05, 0) is 19.1 Å². The van der Waals surface area contributed by atoms with Gasteiger partial charge in [0.05, 0.1) is 12.1 Å². The van der Waals surface area contributed by atoms with Crippen LogP contribution in [0.5, 0.6) is 0 Å². The average molecular weight is 204 g/mol. The van der Waals surface area contributed by atoms with E-state index in [4.69, 9.17) is 22.4 Å². The Hall–Kier alpha value is -0.640. The number of aliphatic hydroxyl groups is 1. The third kappa shape index (κ3) is 2.40. The molecule has 0 aliphatic rings. The molecule has 0 radical (unpaired) electrons. The summed E-state index contributed by atoms with van der Waals surface area (Å²) in [5.74, 6) is -0.485. The van der Waals surface area contributed by atoms with E-state index >= 15 is 0 Å². The van der Waals surface area contributed by atoms with Crippen molar-refractivity contribution in [2.75, 3.05) is 0 Å². The molecule has 2 nitrogen and oxygen atoms in total. The summed E-state index contributed by atoms with van der Waals surface area (Å²) in [5.41, 5.74) is 5.83. The van der Waals surface area contributed by atoms with Crippen LogP contribution in [-0.4, -0.2) is 11.2 Å². The van der Waals surface area contributed by atoms with Crippen LogP contribution in [0.3, 0.4) is 0 Å². The average Bonchev–Trinajstić information content (AvgIpc) is 2.03. The highest BCUT2D eigenvalue weighted by atomic mass is 35.5. The Balaban J connectivity index is 3.01. The van der Waals surface area contributed by atoms with Gasteiger partial charge in [0.1, 0.15) is 5.82 Å². The molecule has 0 aliphatic carbocycles. The van der Waals surface area contributed by atoms with E-state index in [-0.39, 0.29) is 5.56 Å². The van der Waals surface area contributed by atoms with Crippen LogP contribution < -0.4 is 5.73 Å². The first-order valence-electron chi connectivity index (χ1n) is 3.91. The largest absolute Gasteiger partial charge is 0.391 e. The molecule has 0 bridgehead atoms. The predicted molar refractivity (Wildman–Crippen MR) is 50.0 cm³/mol. The lowest BCUT2D eigenvalue weighted by molar-refractivity contribution is 0.162. The lowest BCUT2D eigenvalue weighted by Crippen LogP contribution is -2.24. The first-order valence-corrected chi connectivity index (χ1v) is 4.28. The molecule has 0 amide bonds. The number of hydrogen-bond donors (Lipinski definition) is 2. The summed E-state index contributed by atoms with van der Waals surface area (Å²) >= 11 is 5.56. The second kappa shape index (κ2) is 4.05. The third-order valence-corrected chi connectivity index (χ3v) is 2.08. The van der Waals surface area contributed by atoms with E-state index in [2.05, 4.69) is 0 Å². The number of rotatable bonds is 2. The highest BCUT2D eigenvalue weighted by Crippen LogP contribution is 2.21. The third-order valence-electron chi connectivity index (χ3n) is 1.84. The minimum absolute atomic E-state index is 0.277. The van der Waals surface area contributed by atoms with Gasteiger partial charge in [-0.3, -0.25) is 0 Å². The molecular weight excluding hydrogens is 193 g/mol. The van der Waals surface area contributed by atoms with Crippen molar-refractivity contribution in [1.82, 2.24) is 0 Å². The molecule has 72 valence electrons. The first-order chi connectivity index (χ1) is 6.02. The summed E-state index contributed by atoms with van der Waals surface area (Å²) in [7, 11) is 0. The lowest BCUT2D eigenvalue weighted by Gasteiger charge is -2.15. The van der Waals surface area contributed by atoms with Gasteiger partial charge in [0.25, 0.3) is 0 Å². The Morgan fingerprint density at radius 3 is 2.62 bits per heavy atom. The van der Waals surface area contributed by atoms with Gasteiger partial charge >= 0.3 is 0 Å². The monoisotopic (exact) mass is 203 g/mol. The van der Waals surface area contributed by atoms with Crippen molar-refractivity contribution in [3.63, 3.8) is 0 Å².